The van der Waals surface area contributed by atoms with Gasteiger partial charge in [-0.25, -0.2) is 0 Å². The van der Waals surface area contributed by atoms with Gasteiger partial charge in [-0.2, -0.15) is 0 Å². The Balaban J connectivity index is 0.00000623. The molecule has 10 aromatic carbocycles. The third kappa shape index (κ3) is 10.6. The van der Waals surface area contributed by atoms with Crippen LogP contribution in [0.25, 0.3) is 134 Å². The monoisotopic (exact) mass is 1180 g/mol. The number of benzene rings is 10. The topological polar surface area (TPSA) is 38.7 Å². The molecule has 372 valence electrons. The summed E-state index contributed by atoms with van der Waals surface area (Å²) in [5, 5.41) is 0. The largest absolute Gasteiger partial charge is 3.00 e. The fourth-order valence-corrected chi connectivity index (χ4v) is 10.5. The number of hydrogen-bond acceptors (Lipinski definition) is 3. The molecule has 3 nitrogen and oxygen atoms in total. The second-order valence-electron chi connectivity index (χ2n) is 19.3. The first-order valence-corrected chi connectivity index (χ1v) is 26.2. The Morgan fingerprint density at radius 3 is 1.05 bits per heavy atom. The molecule has 0 aliphatic carbocycles. The molecule has 0 bridgehead atoms. The van der Waals surface area contributed by atoms with Crippen LogP contribution in [0.4, 0.5) is 0 Å². The van der Waals surface area contributed by atoms with Gasteiger partial charge in [-0.1, -0.05) is 233 Å². The van der Waals surface area contributed by atoms with Gasteiger partial charge in [0, 0.05) is 18.6 Å². The predicted octanol–water partition coefficient (Wildman–Crippen LogP) is 19.3. The Bertz CT molecular complexity index is 4040. The molecule has 0 amide bonds. The molecule has 0 spiro atoms. The molecule has 0 saturated carbocycles. The molecule has 0 saturated heterocycles. The number of aromatic nitrogens is 3. The SMILES string of the molecule is [Ir+3].[c-]1cc(-c2ccccc2-c2cc(-c3ccccc3-c3c[c-]c(-c4ccccn4)cc3)cc(-c3ccccc3-c3c[c-]c(-c4ccc(-c5ccccc5)cn4)cc3-c3ccc(-c4ccccc4)cc3)c2)ccc1-c1ccccn1. The predicted molar refractivity (Wildman–Crippen MR) is 322 cm³/mol. The molecule has 79 heavy (non-hydrogen) atoms. The summed E-state index contributed by atoms with van der Waals surface area (Å²) >= 11 is 0. The van der Waals surface area contributed by atoms with Crippen LogP contribution in [0.2, 0.25) is 0 Å². The quantitative estimate of drug-likeness (QED) is 0.114. The summed E-state index contributed by atoms with van der Waals surface area (Å²) in [6, 6.07) is 107. The van der Waals surface area contributed by atoms with Gasteiger partial charge in [-0.05, 0) is 109 Å². The summed E-state index contributed by atoms with van der Waals surface area (Å²) in [4.78, 5) is 14.2. The first-order chi connectivity index (χ1) is 38.7. The van der Waals surface area contributed by atoms with Crippen LogP contribution in [0.1, 0.15) is 0 Å². The number of hydrogen-bond donors (Lipinski definition) is 0. The second kappa shape index (κ2) is 22.9. The van der Waals surface area contributed by atoms with E-state index in [1.807, 2.05) is 61.1 Å². The van der Waals surface area contributed by atoms with E-state index >= 15 is 0 Å². The van der Waals surface area contributed by atoms with Crippen molar-refractivity contribution in [3.05, 3.63) is 310 Å². The molecule has 0 radical (unpaired) electrons. The maximum absolute atomic E-state index is 5.01. The van der Waals surface area contributed by atoms with Gasteiger partial charge in [0.25, 0.3) is 0 Å². The Morgan fingerprint density at radius 1 is 0.215 bits per heavy atom. The van der Waals surface area contributed by atoms with Crippen molar-refractivity contribution >= 4 is 0 Å². The average molecular weight is 1180 g/mol. The third-order valence-electron chi connectivity index (χ3n) is 14.5. The average Bonchev–Trinajstić information content (AvgIpc) is 3.57. The Labute approximate surface area is 475 Å². The molecule has 3 heterocycles. The molecular formula is C75H48IrN3. The van der Waals surface area contributed by atoms with E-state index in [-0.39, 0.29) is 20.1 Å². The molecule has 0 aliphatic rings. The number of pyridine rings is 3. The Kier molecular flexibility index (Phi) is 14.5. The molecule has 0 N–H and O–H groups in total. The van der Waals surface area contributed by atoms with E-state index in [0.717, 1.165) is 128 Å². The Morgan fingerprint density at radius 2 is 0.595 bits per heavy atom. The summed E-state index contributed by atoms with van der Waals surface area (Å²) in [5.74, 6) is 0. The van der Waals surface area contributed by atoms with Gasteiger partial charge < -0.3 is 15.0 Å². The van der Waals surface area contributed by atoms with Crippen LogP contribution in [0.5, 0.6) is 0 Å². The van der Waals surface area contributed by atoms with Crippen LogP contribution < -0.4 is 0 Å². The number of rotatable bonds is 12. The zero-order valence-electron chi connectivity index (χ0n) is 42.9. The van der Waals surface area contributed by atoms with Crippen molar-refractivity contribution in [3.63, 3.8) is 0 Å². The summed E-state index contributed by atoms with van der Waals surface area (Å²) in [7, 11) is 0. The maximum atomic E-state index is 5.01. The van der Waals surface area contributed by atoms with Crippen molar-refractivity contribution in [3.8, 4) is 134 Å². The van der Waals surface area contributed by atoms with Gasteiger partial charge in [0.1, 0.15) is 0 Å². The zero-order valence-corrected chi connectivity index (χ0v) is 45.3. The fraction of sp³-hybridized carbons (Fsp3) is 0. The van der Waals surface area contributed by atoms with Crippen LogP contribution in [0, 0.1) is 18.2 Å². The Hall–Kier alpha value is -9.70. The minimum Gasteiger partial charge on any atom is -0.305 e. The van der Waals surface area contributed by atoms with E-state index in [0.29, 0.717) is 0 Å². The number of nitrogens with zero attached hydrogens (tertiary/aromatic N) is 3. The van der Waals surface area contributed by atoms with E-state index in [1.54, 1.807) is 0 Å². The minimum atomic E-state index is 0. The van der Waals surface area contributed by atoms with Crippen LogP contribution >= 0.6 is 0 Å². The van der Waals surface area contributed by atoms with E-state index in [1.165, 1.54) is 5.56 Å². The van der Waals surface area contributed by atoms with E-state index in [2.05, 4.69) is 259 Å². The first-order valence-electron chi connectivity index (χ1n) is 26.2. The maximum Gasteiger partial charge on any atom is 3.00 e. The van der Waals surface area contributed by atoms with Gasteiger partial charge in [-0.3, -0.25) is 0 Å². The molecular weight excluding hydrogens is 1140 g/mol. The van der Waals surface area contributed by atoms with Crippen molar-refractivity contribution in [1.82, 2.24) is 15.0 Å². The minimum absolute atomic E-state index is 0. The van der Waals surface area contributed by atoms with Gasteiger partial charge >= 0.3 is 20.1 Å². The summed E-state index contributed by atoms with van der Waals surface area (Å²) in [5.41, 5.74) is 25.4. The van der Waals surface area contributed by atoms with Gasteiger partial charge in [0.2, 0.25) is 0 Å². The van der Waals surface area contributed by atoms with E-state index in [9.17, 15) is 0 Å². The van der Waals surface area contributed by atoms with Gasteiger partial charge in [0.05, 0.1) is 0 Å². The van der Waals surface area contributed by atoms with Gasteiger partial charge in [0.15, 0.2) is 0 Å². The first kappa shape index (κ1) is 50.1. The smallest absolute Gasteiger partial charge is 0.305 e. The molecule has 13 aromatic rings. The van der Waals surface area contributed by atoms with Crippen LogP contribution in [-0.4, -0.2) is 15.0 Å². The summed E-state index contributed by atoms with van der Waals surface area (Å²) in [6.45, 7) is 0. The van der Waals surface area contributed by atoms with Crippen LogP contribution in [0.3, 0.4) is 0 Å². The second-order valence-corrected chi connectivity index (χ2v) is 19.3. The standard InChI is InChI=1S/C75H48N3.Ir/c1-3-17-52(18-4-1)54-29-31-57(32-30-54)72-50-60(75-44-42-61(51-78-75)53-19-5-2-6-20-53)41-43-71(72)70-26-12-11-25-69(70)64-48-62(67-23-9-7-21-65(67)55-33-37-58(38-34-55)73-27-13-15-45-76-73)47-63(49-64)68-24-10-8-22-66(68)56-35-39-59(40-36-56)74-28-14-16-46-77-74;/h1-37,39,42-51H;/q-3;+3. The van der Waals surface area contributed by atoms with E-state index in [4.69, 9.17) is 4.98 Å². The molecule has 13 rings (SSSR count). The molecule has 0 atom stereocenters. The molecule has 0 aliphatic heterocycles. The van der Waals surface area contributed by atoms with Crippen molar-refractivity contribution in [2.45, 2.75) is 0 Å². The zero-order chi connectivity index (χ0) is 52.0. The summed E-state index contributed by atoms with van der Waals surface area (Å²) in [6.07, 6.45) is 5.61. The van der Waals surface area contributed by atoms with E-state index < -0.39 is 0 Å². The van der Waals surface area contributed by atoms with Crippen molar-refractivity contribution < 1.29 is 20.1 Å². The van der Waals surface area contributed by atoms with Crippen molar-refractivity contribution in [2.24, 2.45) is 0 Å². The van der Waals surface area contributed by atoms with Gasteiger partial charge in [-0.15, -0.1) is 83.4 Å². The van der Waals surface area contributed by atoms with Crippen LogP contribution in [-0.2, 0) is 20.1 Å². The van der Waals surface area contributed by atoms with Crippen molar-refractivity contribution in [2.75, 3.05) is 0 Å². The third-order valence-corrected chi connectivity index (χ3v) is 14.5. The molecule has 0 unspecified atom stereocenters. The molecule has 4 heteroatoms. The summed E-state index contributed by atoms with van der Waals surface area (Å²) < 4.78 is 0. The molecule has 3 aromatic heterocycles. The fourth-order valence-electron chi connectivity index (χ4n) is 10.5. The normalized spacial score (nSPS) is 10.9. The molecule has 0 fully saturated rings. The van der Waals surface area contributed by atoms with Crippen LogP contribution in [0.15, 0.2) is 292 Å². The van der Waals surface area contributed by atoms with Crippen molar-refractivity contribution in [1.29, 1.82) is 0 Å².